The number of nitrogens with one attached hydrogen (secondary N) is 1. The van der Waals surface area contributed by atoms with Gasteiger partial charge in [0, 0.05) is 13.5 Å². The van der Waals surface area contributed by atoms with Gasteiger partial charge in [-0.25, -0.2) is 4.98 Å². The molecule has 124 valence electrons. The maximum absolute atomic E-state index is 11.9. The molecule has 3 rings (SSSR count). The highest BCUT2D eigenvalue weighted by Crippen LogP contribution is 2.25. The topological polar surface area (TPSA) is 73.6 Å². The maximum atomic E-state index is 11.9. The van der Waals surface area contributed by atoms with Gasteiger partial charge >= 0.3 is 0 Å². The van der Waals surface area contributed by atoms with Crippen LogP contribution in [0.4, 0.5) is 0 Å². The van der Waals surface area contributed by atoms with Crippen LogP contribution in [0.1, 0.15) is 11.5 Å². The number of amides is 1. The monoisotopic (exact) mass is 326 g/mol. The zero-order chi connectivity index (χ0) is 16.9. The van der Waals surface area contributed by atoms with Crippen LogP contribution >= 0.6 is 0 Å². The number of aryl methyl sites for hydroxylation is 1. The van der Waals surface area contributed by atoms with E-state index in [-0.39, 0.29) is 12.5 Å². The molecule has 1 N–H and O–H groups in total. The highest BCUT2D eigenvalue weighted by atomic mass is 16.5. The number of para-hydroxylation sites is 2. The normalized spacial score (nSPS) is 10.6. The van der Waals surface area contributed by atoms with Gasteiger partial charge in [0.15, 0.2) is 29.6 Å². The Morgan fingerprint density at radius 2 is 2.00 bits per heavy atom. The number of ether oxygens (including phenoxy) is 2. The molecule has 1 heterocycles. The molecule has 0 bridgehead atoms. The van der Waals surface area contributed by atoms with Gasteiger partial charge in [0.1, 0.15) is 5.52 Å². The Morgan fingerprint density at radius 1 is 1.21 bits per heavy atom. The average molecular weight is 326 g/mol. The Morgan fingerprint density at radius 3 is 2.79 bits per heavy atom. The molecule has 24 heavy (non-hydrogen) atoms. The lowest BCUT2D eigenvalue weighted by atomic mass is 10.2. The molecule has 0 radical (unpaired) electrons. The molecule has 0 unspecified atom stereocenters. The van der Waals surface area contributed by atoms with Crippen LogP contribution in [0.2, 0.25) is 0 Å². The smallest absolute Gasteiger partial charge is 0.258 e. The number of methoxy groups -OCH3 is 1. The van der Waals surface area contributed by atoms with E-state index in [0.29, 0.717) is 23.9 Å². The zero-order valence-electron chi connectivity index (χ0n) is 13.5. The van der Waals surface area contributed by atoms with Gasteiger partial charge in [-0.3, -0.25) is 4.79 Å². The molecular formula is C18H18N2O4. The third-order valence-electron chi connectivity index (χ3n) is 3.48. The van der Waals surface area contributed by atoms with E-state index >= 15 is 0 Å². The third-order valence-corrected chi connectivity index (χ3v) is 3.48. The first kappa shape index (κ1) is 15.9. The summed E-state index contributed by atoms with van der Waals surface area (Å²) in [6, 6.07) is 12.8. The minimum Gasteiger partial charge on any atom is -0.493 e. The summed E-state index contributed by atoms with van der Waals surface area (Å²) in [5.74, 6) is 1.54. The number of oxazole rings is 1. The van der Waals surface area contributed by atoms with Gasteiger partial charge in [-0.05, 0) is 29.8 Å². The van der Waals surface area contributed by atoms with Crippen LogP contribution in [-0.4, -0.2) is 24.6 Å². The predicted octanol–water partition coefficient (Wildman–Crippen LogP) is 2.84. The van der Waals surface area contributed by atoms with E-state index in [1.54, 1.807) is 26.2 Å². The highest BCUT2D eigenvalue weighted by Gasteiger charge is 2.08. The van der Waals surface area contributed by atoms with Gasteiger partial charge < -0.3 is 19.2 Å². The van der Waals surface area contributed by atoms with Crippen molar-refractivity contribution >= 4 is 17.0 Å². The summed E-state index contributed by atoms with van der Waals surface area (Å²) in [7, 11) is 1.56. The van der Waals surface area contributed by atoms with Gasteiger partial charge in [-0.1, -0.05) is 18.2 Å². The molecule has 3 aromatic rings. The van der Waals surface area contributed by atoms with E-state index < -0.39 is 0 Å². The first-order valence-electron chi connectivity index (χ1n) is 7.54. The van der Waals surface area contributed by atoms with Crippen LogP contribution in [-0.2, 0) is 11.3 Å². The Balaban J connectivity index is 1.54. The average Bonchev–Trinajstić information content (AvgIpc) is 2.97. The molecule has 0 fully saturated rings. The Labute approximate surface area is 139 Å². The summed E-state index contributed by atoms with van der Waals surface area (Å²) in [5, 5.41) is 2.82. The quantitative estimate of drug-likeness (QED) is 0.754. The standard InChI is InChI=1S/C18H18N2O4/c1-12-20-14-9-13(7-8-15(14)24-12)10-19-18(21)11-23-17-6-4-3-5-16(17)22-2/h3-9H,10-11H2,1-2H3,(H,19,21). The van der Waals surface area contributed by atoms with Crippen molar-refractivity contribution in [2.45, 2.75) is 13.5 Å². The van der Waals surface area contributed by atoms with Gasteiger partial charge in [-0.2, -0.15) is 0 Å². The maximum Gasteiger partial charge on any atom is 0.258 e. The van der Waals surface area contributed by atoms with Crippen LogP contribution in [0, 0.1) is 6.92 Å². The molecule has 0 saturated carbocycles. The number of fused-ring (bicyclic) bond motifs is 1. The van der Waals surface area contributed by atoms with Crippen molar-refractivity contribution in [1.82, 2.24) is 10.3 Å². The minimum atomic E-state index is -0.211. The van der Waals surface area contributed by atoms with E-state index in [4.69, 9.17) is 13.9 Å². The van der Waals surface area contributed by atoms with Gasteiger partial charge in [0.25, 0.3) is 5.91 Å². The summed E-state index contributed by atoms with van der Waals surface area (Å²) in [5.41, 5.74) is 2.47. The molecule has 1 amide bonds. The van der Waals surface area contributed by atoms with Crippen molar-refractivity contribution in [3.8, 4) is 11.5 Å². The summed E-state index contributed by atoms with van der Waals surface area (Å²) in [4.78, 5) is 16.2. The lowest BCUT2D eigenvalue weighted by Crippen LogP contribution is -2.28. The molecule has 2 aromatic carbocycles. The SMILES string of the molecule is COc1ccccc1OCC(=O)NCc1ccc2oc(C)nc2c1. The van der Waals surface area contributed by atoms with Crippen molar-refractivity contribution in [3.05, 3.63) is 53.9 Å². The third kappa shape index (κ3) is 3.65. The number of hydrogen-bond donors (Lipinski definition) is 1. The van der Waals surface area contributed by atoms with Gasteiger partial charge in [0.2, 0.25) is 0 Å². The van der Waals surface area contributed by atoms with E-state index in [1.165, 1.54) is 0 Å². The minimum absolute atomic E-state index is 0.0777. The number of aromatic nitrogens is 1. The van der Waals surface area contributed by atoms with Crippen LogP contribution in [0.3, 0.4) is 0 Å². The first-order valence-corrected chi connectivity index (χ1v) is 7.54. The van der Waals surface area contributed by atoms with Crippen LogP contribution in [0.25, 0.3) is 11.1 Å². The van der Waals surface area contributed by atoms with Crippen LogP contribution in [0.5, 0.6) is 11.5 Å². The number of carbonyl (C=O) groups excluding carboxylic acids is 1. The van der Waals surface area contributed by atoms with Crippen molar-refractivity contribution in [2.75, 3.05) is 13.7 Å². The second-order valence-electron chi connectivity index (χ2n) is 5.25. The van der Waals surface area contributed by atoms with Crippen molar-refractivity contribution in [3.63, 3.8) is 0 Å². The number of carbonyl (C=O) groups is 1. The number of hydrogen-bond acceptors (Lipinski definition) is 5. The first-order chi connectivity index (χ1) is 11.7. The van der Waals surface area contributed by atoms with Crippen molar-refractivity contribution < 1.29 is 18.7 Å². The summed E-state index contributed by atoms with van der Waals surface area (Å²) in [6.45, 7) is 2.12. The lowest BCUT2D eigenvalue weighted by molar-refractivity contribution is -0.123. The van der Waals surface area contributed by atoms with E-state index in [0.717, 1.165) is 16.7 Å². The van der Waals surface area contributed by atoms with E-state index in [2.05, 4.69) is 10.3 Å². The summed E-state index contributed by atoms with van der Waals surface area (Å²) < 4.78 is 16.1. The molecule has 0 atom stereocenters. The van der Waals surface area contributed by atoms with Crippen molar-refractivity contribution in [1.29, 1.82) is 0 Å². The Bertz CT molecular complexity index is 857. The lowest BCUT2D eigenvalue weighted by Gasteiger charge is -2.10. The fourth-order valence-corrected chi connectivity index (χ4v) is 2.33. The fourth-order valence-electron chi connectivity index (χ4n) is 2.33. The molecule has 1 aromatic heterocycles. The number of benzene rings is 2. The molecule has 6 nitrogen and oxygen atoms in total. The summed E-state index contributed by atoms with van der Waals surface area (Å²) in [6.07, 6.45) is 0. The molecule has 0 spiro atoms. The van der Waals surface area contributed by atoms with Gasteiger partial charge in [0.05, 0.1) is 7.11 Å². The highest BCUT2D eigenvalue weighted by molar-refractivity contribution is 5.78. The largest absolute Gasteiger partial charge is 0.493 e. The molecule has 0 aliphatic heterocycles. The van der Waals surface area contributed by atoms with Gasteiger partial charge in [-0.15, -0.1) is 0 Å². The molecule has 6 heteroatoms. The number of nitrogens with zero attached hydrogens (tertiary/aromatic N) is 1. The van der Waals surface area contributed by atoms with E-state index in [9.17, 15) is 4.79 Å². The van der Waals surface area contributed by atoms with E-state index in [1.807, 2.05) is 30.3 Å². The fraction of sp³-hybridized carbons (Fsp3) is 0.222. The van der Waals surface area contributed by atoms with Crippen molar-refractivity contribution in [2.24, 2.45) is 0 Å². The number of rotatable bonds is 6. The second kappa shape index (κ2) is 7.04. The Kier molecular flexibility index (Phi) is 4.65. The molecule has 0 aliphatic rings. The Hall–Kier alpha value is -3.02. The van der Waals surface area contributed by atoms with Crippen LogP contribution in [0.15, 0.2) is 46.9 Å². The second-order valence-corrected chi connectivity index (χ2v) is 5.25. The predicted molar refractivity (Wildman–Crippen MR) is 89.1 cm³/mol. The molecule has 0 saturated heterocycles. The summed E-state index contributed by atoms with van der Waals surface area (Å²) >= 11 is 0. The molecular weight excluding hydrogens is 308 g/mol. The van der Waals surface area contributed by atoms with Crippen LogP contribution < -0.4 is 14.8 Å². The molecule has 0 aliphatic carbocycles. The zero-order valence-corrected chi connectivity index (χ0v) is 13.5.